The lowest BCUT2D eigenvalue weighted by Crippen LogP contribution is -2.30. The molecule has 0 atom stereocenters. The number of aromatic nitrogens is 2. The summed E-state index contributed by atoms with van der Waals surface area (Å²) in [5, 5.41) is 7.37. The van der Waals surface area contributed by atoms with Crippen LogP contribution in [0.2, 0.25) is 0 Å². The Hall–Kier alpha value is -3.14. The SMILES string of the molecule is O=C(/C=C\c1cnn(-c2ccccc2)c1)NCC1(c2ccccc2)CC1. The quantitative estimate of drug-likeness (QED) is 0.693. The topological polar surface area (TPSA) is 46.9 Å². The van der Waals surface area contributed by atoms with Crippen molar-refractivity contribution in [3.05, 3.63) is 90.3 Å². The molecule has 4 nitrogen and oxygen atoms in total. The van der Waals surface area contributed by atoms with Gasteiger partial charge in [0.1, 0.15) is 0 Å². The van der Waals surface area contributed by atoms with E-state index in [0.717, 1.165) is 24.1 Å². The van der Waals surface area contributed by atoms with E-state index in [1.54, 1.807) is 23.0 Å². The molecule has 0 aliphatic heterocycles. The Balaban J connectivity index is 1.35. The summed E-state index contributed by atoms with van der Waals surface area (Å²) in [6.07, 6.45) is 9.29. The molecule has 1 heterocycles. The third kappa shape index (κ3) is 3.59. The van der Waals surface area contributed by atoms with Gasteiger partial charge in [-0.05, 0) is 36.6 Å². The summed E-state index contributed by atoms with van der Waals surface area (Å²) in [5.74, 6) is -0.0698. The van der Waals surface area contributed by atoms with Crippen molar-refractivity contribution in [3.8, 4) is 5.69 Å². The molecule has 1 aromatic heterocycles. The predicted molar refractivity (Wildman–Crippen MR) is 103 cm³/mol. The maximum atomic E-state index is 12.2. The molecule has 0 saturated heterocycles. The standard InChI is InChI=1S/C22H21N3O/c26-21(23-17-22(13-14-22)19-7-3-1-4-8-19)12-11-18-15-24-25(16-18)20-9-5-2-6-10-20/h1-12,15-16H,13-14,17H2,(H,23,26)/b12-11-. The number of hydrogen-bond acceptors (Lipinski definition) is 2. The third-order valence-corrected chi connectivity index (χ3v) is 4.89. The molecular weight excluding hydrogens is 322 g/mol. The minimum absolute atomic E-state index is 0.0698. The molecule has 1 aliphatic rings. The van der Waals surface area contributed by atoms with Crippen LogP contribution in [0.5, 0.6) is 0 Å². The fourth-order valence-electron chi connectivity index (χ4n) is 3.14. The van der Waals surface area contributed by atoms with Crippen molar-refractivity contribution in [1.82, 2.24) is 15.1 Å². The molecule has 1 aliphatic carbocycles. The van der Waals surface area contributed by atoms with E-state index in [0.29, 0.717) is 6.54 Å². The predicted octanol–water partition coefficient (Wildman–Crippen LogP) is 3.73. The molecule has 3 aromatic rings. The highest BCUT2D eigenvalue weighted by atomic mass is 16.1. The van der Waals surface area contributed by atoms with Crippen LogP contribution in [0.4, 0.5) is 0 Å². The maximum Gasteiger partial charge on any atom is 0.244 e. The van der Waals surface area contributed by atoms with Crippen molar-refractivity contribution < 1.29 is 4.79 Å². The lowest BCUT2D eigenvalue weighted by atomic mass is 9.96. The van der Waals surface area contributed by atoms with Crippen molar-refractivity contribution in [2.75, 3.05) is 6.54 Å². The van der Waals surface area contributed by atoms with Gasteiger partial charge in [-0.25, -0.2) is 4.68 Å². The number of amides is 1. The zero-order valence-electron chi connectivity index (χ0n) is 14.5. The number of nitrogens with one attached hydrogen (secondary N) is 1. The van der Waals surface area contributed by atoms with Crippen molar-refractivity contribution in [1.29, 1.82) is 0 Å². The normalized spacial score (nSPS) is 15.1. The van der Waals surface area contributed by atoms with Crippen molar-refractivity contribution >= 4 is 12.0 Å². The first-order chi connectivity index (χ1) is 12.8. The number of hydrogen-bond donors (Lipinski definition) is 1. The van der Waals surface area contributed by atoms with Gasteiger partial charge in [-0.3, -0.25) is 4.79 Å². The van der Waals surface area contributed by atoms with Crippen LogP contribution < -0.4 is 5.32 Å². The van der Waals surface area contributed by atoms with E-state index in [1.165, 1.54) is 5.56 Å². The van der Waals surface area contributed by atoms with Crippen LogP contribution in [0.25, 0.3) is 11.8 Å². The van der Waals surface area contributed by atoms with Gasteiger partial charge in [-0.15, -0.1) is 0 Å². The van der Waals surface area contributed by atoms with Crippen LogP contribution in [0.15, 0.2) is 79.1 Å². The lowest BCUT2D eigenvalue weighted by Gasteiger charge is -2.15. The summed E-state index contributed by atoms with van der Waals surface area (Å²) >= 11 is 0. The van der Waals surface area contributed by atoms with Gasteiger partial charge in [0.15, 0.2) is 0 Å². The molecule has 0 radical (unpaired) electrons. The zero-order chi connectivity index (χ0) is 17.8. The Morgan fingerprint density at radius 2 is 1.77 bits per heavy atom. The second kappa shape index (κ2) is 7.00. The summed E-state index contributed by atoms with van der Waals surface area (Å²) in [4.78, 5) is 12.2. The van der Waals surface area contributed by atoms with Gasteiger partial charge in [0.05, 0.1) is 11.9 Å². The minimum atomic E-state index is -0.0698. The van der Waals surface area contributed by atoms with Crippen LogP contribution in [0.3, 0.4) is 0 Å². The highest BCUT2D eigenvalue weighted by Gasteiger charge is 2.43. The molecule has 0 unspecified atom stereocenters. The van der Waals surface area contributed by atoms with E-state index < -0.39 is 0 Å². The zero-order valence-corrected chi connectivity index (χ0v) is 14.5. The number of benzene rings is 2. The fourth-order valence-corrected chi connectivity index (χ4v) is 3.14. The molecule has 4 heteroatoms. The van der Waals surface area contributed by atoms with Crippen LogP contribution in [0.1, 0.15) is 24.0 Å². The average molecular weight is 343 g/mol. The van der Waals surface area contributed by atoms with E-state index >= 15 is 0 Å². The van der Waals surface area contributed by atoms with Gasteiger partial charge in [-0.2, -0.15) is 5.10 Å². The average Bonchev–Trinajstić information content (AvgIpc) is 3.35. The van der Waals surface area contributed by atoms with Gasteiger partial charge in [0.2, 0.25) is 5.91 Å². The van der Waals surface area contributed by atoms with Gasteiger partial charge in [0, 0.05) is 29.8 Å². The molecule has 130 valence electrons. The number of para-hydroxylation sites is 1. The van der Waals surface area contributed by atoms with Crippen LogP contribution in [-0.4, -0.2) is 22.2 Å². The van der Waals surface area contributed by atoms with Crippen molar-refractivity contribution in [3.63, 3.8) is 0 Å². The second-order valence-electron chi connectivity index (χ2n) is 6.75. The molecule has 1 fully saturated rings. The summed E-state index contributed by atoms with van der Waals surface area (Å²) in [6, 6.07) is 20.3. The molecule has 4 rings (SSSR count). The summed E-state index contributed by atoms with van der Waals surface area (Å²) in [5.41, 5.74) is 3.33. The maximum absolute atomic E-state index is 12.2. The van der Waals surface area contributed by atoms with Crippen LogP contribution in [-0.2, 0) is 10.2 Å². The van der Waals surface area contributed by atoms with Crippen LogP contribution >= 0.6 is 0 Å². The van der Waals surface area contributed by atoms with Gasteiger partial charge in [-0.1, -0.05) is 48.5 Å². The molecular formula is C22H21N3O. The molecule has 26 heavy (non-hydrogen) atoms. The summed E-state index contributed by atoms with van der Waals surface area (Å²) in [6.45, 7) is 0.684. The monoisotopic (exact) mass is 343 g/mol. The van der Waals surface area contributed by atoms with E-state index in [2.05, 4.69) is 34.7 Å². The van der Waals surface area contributed by atoms with Gasteiger partial charge >= 0.3 is 0 Å². The van der Waals surface area contributed by atoms with Gasteiger partial charge in [0.25, 0.3) is 0 Å². The molecule has 0 bridgehead atoms. The fraction of sp³-hybridized carbons (Fsp3) is 0.182. The molecule has 1 amide bonds. The largest absolute Gasteiger partial charge is 0.352 e. The molecule has 2 aromatic carbocycles. The summed E-state index contributed by atoms with van der Waals surface area (Å²) < 4.78 is 1.80. The second-order valence-corrected chi connectivity index (χ2v) is 6.75. The number of carbonyl (C=O) groups is 1. The Bertz CT molecular complexity index is 909. The van der Waals surface area contributed by atoms with Crippen molar-refractivity contribution in [2.45, 2.75) is 18.3 Å². The highest BCUT2D eigenvalue weighted by molar-refractivity contribution is 5.91. The highest BCUT2D eigenvalue weighted by Crippen LogP contribution is 2.47. The smallest absolute Gasteiger partial charge is 0.244 e. The Morgan fingerprint density at radius 3 is 2.46 bits per heavy atom. The first kappa shape index (κ1) is 16.3. The van der Waals surface area contributed by atoms with Crippen molar-refractivity contribution in [2.24, 2.45) is 0 Å². The number of carbonyl (C=O) groups excluding carboxylic acids is 1. The third-order valence-electron chi connectivity index (χ3n) is 4.89. The first-order valence-electron chi connectivity index (χ1n) is 8.87. The lowest BCUT2D eigenvalue weighted by molar-refractivity contribution is -0.116. The van der Waals surface area contributed by atoms with E-state index in [4.69, 9.17) is 0 Å². The van der Waals surface area contributed by atoms with E-state index in [1.807, 2.05) is 42.6 Å². The Kier molecular flexibility index (Phi) is 4.40. The Morgan fingerprint density at radius 1 is 1.08 bits per heavy atom. The minimum Gasteiger partial charge on any atom is -0.352 e. The Labute approximate surface area is 153 Å². The molecule has 1 N–H and O–H groups in total. The molecule has 0 spiro atoms. The number of rotatable bonds is 6. The van der Waals surface area contributed by atoms with Gasteiger partial charge < -0.3 is 5.32 Å². The first-order valence-corrected chi connectivity index (χ1v) is 8.87. The van der Waals surface area contributed by atoms with E-state index in [9.17, 15) is 4.79 Å². The van der Waals surface area contributed by atoms with Crippen LogP contribution in [0, 0.1) is 0 Å². The van der Waals surface area contributed by atoms with E-state index in [-0.39, 0.29) is 11.3 Å². The molecule has 1 saturated carbocycles. The number of nitrogens with zero attached hydrogens (tertiary/aromatic N) is 2. The summed E-state index contributed by atoms with van der Waals surface area (Å²) in [7, 11) is 0.